The molecule has 1 N–H and O–H groups in total. The highest BCUT2D eigenvalue weighted by Gasteiger charge is 2.51. The molecule has 2 fully saturated rings. The Hall–Kier alpha value is -1.80. The van der Waals surface area contributed by atoms with Crippen molar-refractivity contribution in [3.8, 4) is 0 Å². The van der Waals surface area contributed by atoms with E-state index in [1.807, 2.05) is 0 Å². The minimum atomic E-state index is -1.21. The van der Waals surface area contributed by atoms with Crippen LogP contribution in [0.5, 0.6) is 0 Å². The smallest absolute Gasteiger partial charge is 0.303 e. The fourth-order valence-corrected chi connectivity index (χ4v) is 4.92. The largest absolute Gasteiger partial charge is 0.463 e. The Labute approximate surface area is 211 Å². The van der Waals surface area contributed by atoms with Crippen LogP contribution >= 0.6 is 15.9 Å². The van der Waals surface area contributed by atoms with Crippen molar-refractivity contribution < 1.29 is 57.4 Å². The number of carbonyl (C=O) groups is 4. The number of aliphatic hydroxyl groups is 1. The number of hydrogen-bond donors (Lipinski definition) is 1. The van der Waals surface area contributed by atoms with Gasteiger partial charge in [0.25, 0.3) is 0 Å². The normalized spacial score (nSPS) is 37.1. The van der Waals surface area contributed by atoms with Crippen molar-refractivity contribution in [3.05, 3.63) is 0 Å². The third-order valence-corrected chi connectivity index (χ3v) is 6.51. The zero-order valence-electron chi connectivity index (χ0n) is 20.5. The molecule has 0 saturated carbocycles. The number of halogens is 1. The first-order chi connectivity index (χ1) is 16.3. The summed E-state index contributed by atoms with van der Waals surface area (Å²) in [7, 11) is 0. The fourth-order valence-electron chi connectivity index (χ4n) is 4.05. The van der Waals surface area contributed by atoms with Crippen molar-refractivity contribution in [2.75, 3.05) is 13.2 Å². The van der Waals surface area contributed by atoms with E-state index in [2.05, 4.69) is 15.9 Å². The maximum atomic E-state index is 11.8. The summed E-state index contributed by atoms with van der Waals surface area (Å²) in [4.78, 5) is 46.2. The van der Waals surface area contributed by atoms with E-state index in [4.69, 9.17) is 33.2 Å². The number of ether oxygens (including phenoxy) is 7. The molecular formula is C22H33BrO12. The van der Waals surface area contributed by atoms with Gasteiger partial charge < -0.3 is 38.3 Å². The fraction of sp³-hybridized carbons (Fsp3) is 0.818. The van der Waals surface area contributed by atoms with E-state index >= 15 is 0 Å². The molecule has 10 atom stereocenters. The second-order valence-corrected chi connectivity index (χ2v) is 9.53. The molecule has 200 valence electrons. The molecule has 0 bridgehead atoms. The molecule has 0 aromatic carbocycles. The van der Waals surface area contributed by atoms with Crippen molar-refractivity contribution in [3.63, 3.8) is 0 Å². The quantitative estimate of drug-likeness (QED) is 0.250. The van der Waals surface area contributed by atoms with Gasteiger partial charge >= 0.3 is 23.9 Å². The molecule has 0 amide bonds. The van der Waals surface area contributed by atoms with Gasteiger partial charge in [0, 0.05) is 39.5 Å². The summed E-state index contributed by atoms with van der Waals surface area (Å²) in [6.45, 7) is 7.93. The van der Waals surface area contributed by atoms with Crippen molar-refractivity contribution in [1.82, 2.24) is 0 Å². The third kappa shape index (κ3) is 8.10. The van der Waals surface area contributed by atoms with Crippen LogP contribution in [-0.4, -0.2) is 90.1 Å². The predicted molar refractivity (Wildman–Crippen MR) is 120 cm³/mol. The summed E-state index contributed by atoms with van der Waals surface area (Å²) in [5, 5.41) is 9.96. The first-order valence-electron chi connectivity index (χ1n) is 11.2. The molecule has 12 nitrogen and oxygen atoms in total. The summed E-state index contributed by atoms with van der Waals surface area (Å²) < 4.78 is 39.0. The summed E-state index contributed by atoms with van der Waals surface area (Å²) in [5.74, 6) is -3.38. The summed E-state index contributed by atoms with van der Waals surface area (Å²) in [6, 6.07) is 0. The van der Waals surface area contributed by atoms with E-state index in [1.165, 1.54) is 27.7 Å². The Morgan fingerprint density at radius 2 is 1.26 bits per heavy atom. The SMILES string of the molecule is CC(=O)OCC1OC(O[C@@H]2[C@H](COC(C)=O)O[C@@H](Br)C(OC(C)=O)[C@H]2C)[C@@H](OC(C)=O)[C@@H](C)[C@@H]1O. The predicted octanol–water partition coefficient (Wildman–Crippen LogP) is 0.839. The molecule has 0 aromatic rings. The highest BCUT2D eigenvalue weighted by molar-refractivity contribution is 9.09. The Morgan fingerprint density at radius 3 is 1.77 bits per heavy atom. The summed E-state index contributed by atoms with van der Waals surface area (Å²) >= 11 is 3.35. The van der Waals surface area contributed by atoms with Crippen LogP contribution in [0.15, 0.2) is 0 Å². The maximum Gasteiger partial charge on any atom is 0.303 e. The van der Waals surface area contributed by atoms with Crippen LogP contribution < -0.4 is 0 Å². The van der Waals surface area contributed by atoms with E-state index in [1.54, 1.807) is 13.8 Å². The Balaban J connectivity index is 2.34. The number of carbonyl (C=O) groups excluding carboxylic acids is 4. The minimum absolute atomic E-state index is 0.167. The average molecular weight is 569 g/mol. The van der Waals surface area contributed by atoms with Crippen LogP contribution in [0.3, 0.4) is 0 Å². The first-order valence-corrected chi connectivity index (χ1v) is 12.1. The number of esters is 4. The van der Waals surface area contributed by atoms with E-state index < -0.39 is 83.6 Å². The molecule has 2 aliphatic heterocycles. The van der Waals surface area contributed by atoms with Gasteiger partial charge in [0.15, 0.2) is 12.4 Å². The molecule has 2 aliphatic rings. The Morgan fingerprint density at radius 1 is 0.743 bits per heavy atom. The molecular weight excluding hydrogens is 536 g/mol. The second kappa shape index (κ2) is 12.9. The van der Waals surface area contributed by atoms with Crippen LogP contribution in [-0.2, 0) is 52.3 Å². The molecule has 0 spiro atoms. The molecule has 2 rings (SSSR count). The molecule has 2 saturated heterocycles. The van der Waals surface area contributed by atoms with Gasteiger partial charge in [-0.15, -0.1) is 0 Å². The van der Waals surface area contributed by atoms with Gasteiger partial charge in [-0.2, -0.15) is 0 Å². The molecule has 13 heteroatoms. The van der Waals surface area contributed by atoms with E-state index in [0.29, 0.717) is 0 Å². The van der Waals surface area contributed by atoms with Gasteiger partial charge in [0.05, 0.1) is 12.2 Å². The molecule has 0 radical (unpaired) electrons. The Bertz CT molecular complexity index is 772. The lowest BCUT2D eigenvalue weighted by molar-refractivity contribution is -0.326. The van der Waals surface area contributed by atoms with Crippen LogP contribution in [0, 0.1) is 11.8 Å². The second-order valence-electron chi connectivity index (χ2n) is 8.63. The molecule has 2 heterocycles. The summed E-state index contributed by atoms with van der Waals surface area (Å²) in [5.41, 5.74) is 0. The van der Waals surface area contributed by atoms with E-state index in [9.17, 15) is 24.3 Å². The first kappa shape index (κ1) is 29.4. The molecule has 0 aliphatic carbocycles. The lowest BCUT2D eigenvalue weighted by Gasteiger charge is -2.47. The monoisotopic (exact) mass is 568 g/mol. The van der Waals surface area contributed by atoms with Crippen LogP contribution in [0.25, 0.3) is 0 Å². The van der Waals surface area contributed by atoms with Crippen molar-refractivity contribution in [2.45, 2.75) is 89.5 Å². The molecule has 0 aromatic heterocycles. The zero-order valence-corrected chi connectivity index (χ0v) is 22.1. The van der Waals surface area contributed by atoms with Gasteiger partial charge in [-0.25, -0.2) is 0 Å². The zero-order chi connectivity index (χ0) is 26.4. The molecule has 3 unspecified atom stereocenters. The number of rotatable bonds is 8. The topological polar surface area (TPSA) is 153 Å². The Kier molecular flexibility index (Phi) is 10.9. The van der Waals surface area contributed by atoms with Gasteiger partial charge in [0.1, 0.15) is 36.5 Å². The maximum absolute atomic E-state index is 11.8. The van der Waals surface area contributed by atoms with Crippen LogP contribution in [0.1, 0.15) is 41.5 Å². The van der Waals surface area contributed by atoms with Crippen molar-refractivity contribution in [1.29, 1.82) is 0 Å². The average Bonchev–Trinajstić information content (AvgIpc) is 2.75. The van der Waals surface area contributed by atoms with Crippen LogP contribution in [0.2, 0.25) is 0 Å². The highest BCUT2D eigenvalue weighted by atomic mass is 79.9. The number of hydrogen-bond acceptors (Lipinski definition) is 12. The van der Waals surface area contributed by atoms with Crippen LogP contribution in [0.4, 0.5) is 0 Å². The number of aliphatic hydroxyl groups excluding tert-OH is 1. The van der Waals surface area contributed by atoms with Crippen molar-refractivity contribution in [2.24, 2.45) is 11.8 Å². The van der Waals surface area contributed by atoms with Gasteiger partial charge in [-0.05, 0) is 0 Å². The minimum Gasteiger partial charge on any atom is -0.463 e. The number of alkyl halides is 1. The molecule has 35 heavy (non-hydrogen) atoms. The lowest BCUT2D eigenvalue weighted by atomic mass is 9.89. The standard InChI is InChI=1S/C22H33BrO12/c1-9-17(28)15(7-29-11(3)24)34-22(20(9)32-14(6)27)35-18-10(2)19(31-13(5)26)21(23)33-16(18)8-30-12(4)25/h9-10,15-22,28H,7-8H2,1-6H3/t9-,10-,15?,16-,17-,18-,19?,20-,21+,22?/m0/s1. The van der Waals surface area contributed by atoms with Gasteiger partial charge in [0.2, 0.25) is 0 Å². The van der Waals surface area contributed by atoms with Gasteiger partial charge in [-0.3, -0.25) is 19.2 Å². The highest BCUT2D eigenvalue weighted by Crippen LogP contribution is 2.37. The van der Waals surface area contributed by atoms with E-state index in [0.717, 1.165) is 0 Å². The van der Waals surface area contributed by atoms with Gasteiger partial charge in [-0.1, -0.05) is 29.8 Å². The summed E-state index contributed by atoms with van der Waals surface area (Å²) in [6.07, 6.45) is -6.75. The lowest BCUT2D eigenvalue weighted by Crippen LogP contribution is -2.61. The van der Waals surface area contributed by atoms with Crippen molar-refractivity contribution >= 4 is 39.8 Å². The third-order valence-electron chi connectivity index (χ3n) is 5.78. The van der Waals surface area contributed by atoms with E-state index in [-0.39, 0.29) is 13.2 Å².